The average Bonchev–Trinajstić information content (AvgIpc) is 2.17. The van der Waals surface area contributed by atoms with E-state index in [1.807, 2.05) is 11.8 Å². The van der Waals surface area contributed by atoms with E-state index in [0.717, 1.165) is 6.54 Å². The molecule has 0 unspecified atom stereocenters. The molecule has 0 amide bonds. The van der Waals surface area contributed by atoms with Crippen LogP contribution in [-0.2, 0) is 6.42 Å². The van der Waals surface area contributed by atoms with Crippen LogP contribution in [0.1, 0.15) is 24.1 Å². The summed E-state index contributed by atoms with van der Waals surface area (Å²) >= 11 is 1.85. The smallest absolute Gasteiger partial charge is 0.0305 e. The lowest BCUT2D eigenvalue weighted by Gasteiger charge is -2.25. The fourth-order valence-corrected chi connectivity index (χ4v) is 2.74. The number of nitrogens with one attached hydrogen (secondary N) is 1. The number of benzene rings is 1. The Bertz CT molecular complexity index is 295. The highest BCUT2D eigenvalue weighted by Gasteiger charge is 2.17. The van der Waals surface area contributed by atoms with Gasteiger partial charge in [0.15, 0.2) is 0 Å². The molecule has 70 valence electrons. The Hall–Kier alpha value is -0.470. The third-order valence-electron chi connectivity index (χ3n) is 2.65. The topological polar surface area (TPSA) is 12.0 Å². The van der Waals surface area contributed by atoms with Crippen molar-refractivity contribution >= 4 is 11.8 Å². The Labute approximate surface area is 83.9 Å². The van der Waals surface area contributed by atoms with E-state index in [1.54, 1.807) is 0 Å². The summed E-state index contributed by atoms with van der Waals surface area (Å²) in [4.78, 5) is 1.43. The van der Waals surface area contributed by atoms with Crippen molar-refractivity contribution in [2.24, 2.45) is 0 Å². The van der Waals surface area contributed by atoms with Gasteiger partial charge in [0.2, 0.25) is 0 Å². The third-order valence-corrected chi connectivity index (χ3v) is 3.45. The second kappa shape index (κ2) is 3.72. The van der Waals surface area contributed by atoms with Crippen LogP contribution in [0.25, 0.3) is 0 Å². The molecule has 1 aliphatic rings. The van der Waals surface area contributed by atoms with Gasteiger partial charge in [-0.3, -0.25) is 0 Å². The Balaban J connectivity index is 2.50. The molecule has 0 bridgehead atoms. The highest BCUT2D eigenvalue weighted by atomic mass is 32.2. The normalized spacial score (nSPS) is 21.2. The van der Waals surface area contributed by atoms with Crippen LogP contribution in [0.2, 0.25) is 0 Å². The molecule has 2 heteroatoms. The van der Waals surface area contributed by atoms with Gasteiger partial charge in [0.1, 0.15) is 0 Å². The van der Waals surface area contributed by atoms with Crippen molar-refractivity contribution in [1.29, 1.82) is 0 Å². The number of rotatable bonds is 1. The molecule has 0 saturated heterocycles. The molecule has 1 nitrogen and oxygen atoms in total. The fourth-order valence-electron chi connectivity index (χ4n) is 2.00. The molecule has 0 radical (unpaired) electrons. The zero-order valence-electron chi connectivity index (χ0n) is 8.13. The molecule has 0 spiro atoms. The Morgan fingerprint density at radius 2 is 2.31 bits per heavy atom. The first kappa shape index (κ1) is 9.10. The number of fused-ring (bicyclic) bond motifs is 1. The zero-order chi connectivity index (χ0) is 9.26. The number of thioether (sulfide) groups is 1. The second-order valence-electron chi connectivity index (χ2n) is 3.46. The quantitative estimate of drug-likeness (QED) is 0.688. The van der Waals surface area contributed by atoms with Crippen LogP contribution in [-0.4, -0.2) is 12.8 Å². The molecular weight excluding hydrogens is 178 g/mol. The summed E-state index contributed by atoms with van der Waals surface area (Å²) < 4.78 is 0. The molecule has 0 aliphatic carbocycles. The van der Waals surface area contributed by atoms with Gasteiger partial charge >= 0.3 is 0 Å². The van der Waals surface area contributed by atoms with Crippen LogP contribution >= 0.6 is 11.8 Å². The first-order valence-electron chi connectivity index (χ1n) is 4.72. The second-order valence-corrected chi connectivity index (χ2v) is 4.31. The molecule has 1 atom stereocenters. The molecule has 2 rings (SSSR count). The average molecular weight is 193 g/mol. The number of hydrogen-bond acceptors (Lipinski definition) is 2. The summed E-state index contributed by atoms with van der Waals surface area (Å²) in [5, 5.41) is 3.50. The van der Waals surface area contributed by atoms with Gasteiger partial charge in [0.25, 0.3) is 0 Å². The van der Waals surface area contributed by atoms with E-state index in [4.69, 9.17) is 0 Å². The van der Waals surface area contributed by atoms with Crippen LogP contribution in [0.3, 0.4) is 0 Å². The van der Waals surface area contributed by atoms with E-state index in [2.05, 4.69) is 36.7 Å². The van der Waals surface area contributed by atoms with E-state index in [-0.39, 0.29) is 0 Å². The standard InChI is InChI=1S/C11H15NS/c1-8-11-9(6-7-12-8)4-3-5-10(11)13-2/h3-5,8,12H,6-7H2,1-2H3/t8-/m1/s1. The van der Waals surface area contributed by atoms with E-state index < -0.39 is 0 Å². The van der Waals surface area contributed by atoms with Gasteiger partial charge in [-0.25, -0.2) is 0 Å². The number of hydrogen-bond donors (Lipinski definition) is 1. The van der Waals surface area contributed by atoms with Crippen LogP contribution in [0.15, 0.2) is 23.1 Å². The van der Waals surface area contributed by atoms with Gasteiger partial charge in [-0.05, 0) is 43.3 Å². The highest BCUT2D eigenvalue weighted by molar-refractivity contribution is 7.98. The Morgan fingerprint density at radius 1 is 1.46 bits per heavy atom. The fraction of sp³-hybridized carbons (Fsp3) is 0.455. The highest BCUT2D eigenvalue weighted by Crippen LogP contribution is 2.31. The lowest BCUT2D eigenvalue weighted by molar-refractivity contribution is 0.532. The summed E-state index contributed by atoms with van der Waals surface area (Å²) in [6.07, 6.45) is 3.32. The van der Waals surface area contributed by atoms with Crippen molar-refractivity contribution in [2.75, 3.05) is 12.8 Å². The van der Waals surface area contributed by atoms with Crippen LogP contribution in [0, 0.1) is 0 Å². The van der Waals surface area contributed by atoms with Crippen molar-refractivity contribution < 1.29 is 0 Å². The van der Waals surface area contributed by atoms with Crippen molar-refractivity contribution in [2.45, 2.75) is 24.3 Å². The van der Waals surface area contributed by atoms with Gasteiger partial charge in [-0.1, -0.05) is 12.1 Å². The minimum absolute atomic E-state index is 0.521. The monoisotopic (exact) mass is 193 g/mol. The molecule has 1 N–H and O–H groups in total. The molecule has 1 aromatic rings. The first-order chi connectivity index (χ1) is 6.33. The predicted octanol–water partition coefficient (Wildman–Crippen LogP) is 2.62. The third kappa shape index (κ3) is 1.61. The molecule has 1 aromatic carbocycles. The van der Waals surface area contributed by atoms with E-state index in [1.165, 1.54) is 22.4 Å². The molecule has 13 heavy (non-hydrogen) atoms. The predicted molar refractivity (Wildman–Crippen MR) is 58.3 cm³/mol. The van der Waals surface area contributed by atoms with Crippen molar-refractivity contribution in [3.05, 3.63) is 29.3 Å². The van der Waals surface area contributed by atoms with E-state index in [0.29, 0.717) is 6.04 Å². The molecule has 0 fully saturated rings. The van der Waals surface area contributed by atoms with Gasteiger partial charge in [-0.2, -0.15) is 0 Å². The Morgan fingerprint density at radius 3 is 3.08 bits per heavy atom. The molecule has 1 aliphatic heterocycles. The molecule has 0 saturated carbocycles. The maximum absolute atomic E-state index is 3.50. The van der Waals surface area contributed by atoms with Gasteiger partial charge in [0, 0.05) is 10.9 Å². The lowest BCUT2D eigenvalue weighted by Crippen LogP contribution is -2.28. The minimum atomic E-state index is 0.521. The largest absolute Gasteiger partial charge is 0.310 e. The molecule has 0 aromatic heterocycles. The molecular formula is C11H15NS. The summed E-state index contributed by atoms with van der Waals surface area (Å²) in [7, 11) is 0. The van der Waals surface area contributed by atoms with Gasteiger partial charge in [-0.15, -0.1) is 11.8 Å². The first-order valence-corrected chi connectivity index (χ1v) is 5.94. The van der Waals surface area contributed by atoms with Crippen LogP contribution in [0.5, 0.6) is 0 Å². The summed E-state index contributed by atoms with van der Waals surface area (Å²) in [5.74, 6) is 0. The summed E-state index contributed by atoms with van der Waals surface area (Å²) in [6.45, 7) is 3.36. The maximum Gasteiger partial charge on any atom is 0.0305 e. The van der Waals surface area contributed by atoms with E-state index in [9.17, 15) is 0 Å². The molecule has 1 heterocycles. The minimum Gasteiger partial charge on any atom is -0.310 e. The zero-order valence-corrected chi connectivity index (χ0v) is 8.95. The maximum atomic E-state index is 3.50. The van der Waals surface area contributed by atoms with Crippen molar-refractivity contribution in [3.63, 3.8) is 0 Å². The Kier molecular flexibility index (Phi) is 2.61. The summed E-state index contributed by atoms with van der Waals surface area (Å²) in [5.41, 5.74) is 3.04. The van der Waals surface area contributed by atoms with Gasteiger partial charge in [0.05, 0.1) is 0 Å². The van der Waals surface area contributed by atoms with Crippen LogP contribution < -0.4 is 5.32 Å². The SMILES string of the molecule is CSc1cccc2c1[C@@H](C)NCC2. The van der Waals surface area contributed by atoms with Crippen molar-refractivity contribution in [1.82, 2.24) is 5.32 Å². The lowest BCUT2D eigenvalue weighted by atomic mass is 9.95. The van der Waals surface area contributed by atoms with Crippen LogP contribution in [0.4, 0.5) is 0 Å². The summed E-state index contributed by atoms with van der Waals surface area (Å²) in [6, 6.07) is 7.16. The van der Waals surface area contributed by atoms with Crippen molar-refractivity contribution in [3.8, 4) is 0 Å². The van der Waals surface area contributed by atoms with Gasteiger partial charge < -0.3 is 5.32 Å². The van der Waals surface area contributed by atoms with E-state index >= 15 is 0 Å².